The lowest BCUT2D eigenvalue weighted by atomic mass is 9.98. The molecule has 0 aliphatic carbocycles. The second-order valence-corrected chi connectivity index (χ2v) is 9.77. The zero-order valence-electron chi connectivity index (χ0n) is 22.5. The topological polar surface area (TPSA) is 142 Å². The van der Waals surface area contributed by atoms with Crippen molar-refractivity contribution in [1.29, 1.82) is 0 Å². The molecule has 3 rings (SSSR count). The second-order valence-electron chi connectivity index (χ2n) is 9.77. The minimum absolute atomic E-state index is 0.133. The number of carbonyl (C=O) groups excluding carboxylic acids is 3. The zero-order chi connectivity index (χ0) is 30.0. The fourth-order valence-electron chi connectivity index (χ4n) is 4.17. The van der Waals surface area contributed by atoms with Crippen molar-refractivity contribution in [2.75, 3.05) is 6.54 Å². The van der Waals surface area contributed by atoms with E-state index in [4.69, 9.17) is 15.6 Å². The van der Waals surface area contributed by atoms with Crippen LogP contribution in [0.5, 0.6) is 0 Å². The molecule has 1 heterocycles. The number of benzene rings is 2. The number of carbonyl (C=O) groups is 4. The molecule has 2 aromatic carbocycles. The number of likely N-dealkylation sites (tertiary alicyclic amines) is 1. The molecule has 40 heavy (non-hydrogen) atoms. The van der Waals surface area contributed by atoms with Crippen LogP contribution in [-0.4, -0.2) is 64.5 Å². The Hall–Kier alpha value is -3.93. The number of nitrogens with zero attached hydrogens (tertiary/aromatic N) is 1. The Morgan fingerprint density at radius 2 is 1.40 bits per heavy atom. The second kappa shape index (κ2) is 14.5. The Labute approximate surface area is 230 Å². The van der Waals surface area contributed by atoms with E-state index in [0.29, 0.717) is 13.0 Å². The standard InChI is InChI=1S/C26H34N4O3.C2HF3O2/c1-17(2)22(28-24(31)18(3)27)26(33)30-16-10-15-21(30)25(32)29-23(19-11-6-4-7-12-19)20-13-8-5-9-14-20;3-2(4,5)1(6)7/h4-9,11-14,17-18,21-23H,10,15-16,27H2,1-3H3,(H,28,31)(H,29,32);(H,6,7). The van der Waals surface area contributed by atoms with Gasteiger partial charge in [-0.15, -0.1) is 0 Å². The third-order valence-electron chi connectivity index (χ3n) is 6.28. The van der Waals surface area contributed by atoms with E-state index >= 15 is 0 Å². The van der Waals surface area contributed by atoms with Crippen molar-refractivity contribution in [3.8, 4) is 0 Å². The summed E-state index contributed by atoms with van der Waals surface area (Å²) in [5.41, 5.74) is 7.62. The molecule has 1 aliphatic heterocycles. The van der Waals surface area contributed by atoms with Gasteiger partial charge in [-0.25, -0.2) is 4.79 Å². The Bertz CT molecular complexity index is 1100. The molecule has 3 amide bonds. The smallest absolute Gasteiger partial charge is 0.475 e. The number of rotatable bonds is 8. The Balaban J connectivity index is 0.000000708. The molecule has 0 spiro atoms. The van der Waals surface area contributed by atoms with Crippen LogP contribution in [-0.2, 0) is 19.2 Å². The molecule has 1 fully saturated rings. The molecular formula is C28H35F3N4O5. The van der Waals surface area contributed by atoms with Gasteiger partial charge in [0.25, 0.3) is 0 Å². The molecule has 218 valence electrons. The summed E-state index contributed by atoms with van der Waals surface area (Å²) in [6.45, 7) is 5.80. The quantitative estimate of drug-likeness (QED) is 0.389. The highest BCUT2D eigenvalue weighted by atomic mass is 19.4. The fraction of sp³-hybridized carbons (Fsp3) is 0.429. The lowest BCUT2D eigenvalue weighted by Gasteiger charge is -2.32. The number of hydrogen-bond acceptors (Lipinski definition) is 5. The highest BCUT2D eigenvalue weighted by Crippen LogP contribution is 2.25. The summed E-state index contributed by atoms with van der Waals surface area (Å²) >= 11 is 0. The summed E-state index contributed by atoms with van der Waals surface area (Å²) in [5, 5.41) is 13.0. The number of halogens is 3. The first-order valence-electron chi connectivity index (χ1n) is 12.8. The summed E-state index contributed by atoms with van der Waals surface area (Å²) in [5.74, 6) is -3.71. The first kappa shape index (κ1) is 32.3. The van der Waals surface area contributed by atoms with Crippen molar-refractivity contribution >= 4 is 23.7 Å². The van der Waals surface area contributed by atoms with Gasteiger partial charge in [0, 0.05) is 6.54 Å². The number of carboxylic acid groups (broad SMARTS) is 1. The van der Waals surface area contributed by atoms with Crippen LogP contribution < -0.4 is 16.4 Å². The molecule has 0 bridgehead atoms. The molecule has 3 atom stereocenters. The molecule has 0 aromatic heterocycles. The SMILES string of the molecule is CC(N)C(=O)NC(C(=O)N1CCCC1C(=O)NC(c1ccccc1)c1ccccc1)C(C)C.O=C(O)C(F)(F)F. The maximum atomic E-state index is 13.4. The molecule has 3 unspecified atom stereocenters. The maximum Gasteiger partial charge on any atom is 0.490 e. The third kappa shape index (κ3) is 9.08. The number of amides is 3. The van der Waals surface area contributed by atoms with E-state index in [-0.39, 0.29) is 29.7 Å². The van der Waals surface area contributed by atoms with E-state index in [0.717, 1.165) is 17.5 Å². The zero-order valence-corrected chi connectivity index (χ0v) is 22.5. The fourth-order valence-corrected chi connectivity index (χ4v) is 4.17. The van der Waals surface area contributed by atoms with Crippen molar-refractivity contribution in [2.45, 2.75) is 64.0 Å². The van der Waals surface area contributed by atoms with Crippen LogP contribution in [0.3, 0.4) is 0 Å². The van der Waals surface area contributed by atoms with Gasteiger partial charge in [-0.2, -0.15) is 13.2 Å². The van der Waals surface area contributed by atoms with Crippen molar-refractivity contribution < 1.29 is 37.5 Å². The van der Waals surface area contributed by atoms with Gasteiger partial charge < -0.3 is 26.4 Å². The number of alkyl halides is 3. The largest absolute Gasteiger partial charge is 0.490 e. The molecule has 0 radical (unpaired) electrons. The van der Waals surface area contributed by atoms with Crippen molar-refractivity contribution in [3.05, 3.63) is 71.8 Å². The predicted molar refractivity (Wildman–Crippen MR) is 142 cm³/mol. The van der Waals surface area contributed by atoms with Gasteiger partial charge in [0.2, 0.25) is 17.7 Å². The summed E-state index contributed by atoms with van der Waals surface area (Å²) in [4.78, 5) is 49.5. The normalized spacial score (nSPS) is 16.5. The number of nitrogens with two attached hydrogens (primary N) is 1. The van der Waals surface area contributed by atoms with Crippen molar-refractivity contribution in [3.63, 3.8) is 0 Å². The van der Waals surface area contributed by atoms with Crippen LogP contribution in [0.1, 0.15) is 50.8 Å². The van der Waals surface area contributed by atoms with Gasteiger partial charge in [0.15, 0.2) is 0 Å². The number of aliphatic carboxylic acids is 1. The van der Waals surface area contributed by atoms with Gasteiger partial charge in [-0.3, -0.25) is 14.4 Å². The Morgan fingerprint density at radius 1 is 0.925 bits per heavy atom. The van der Waals surface area contributed by atoms with Crippen LogP contribution in [0, 0.1) is 5.92 Å². The van der Waals surface area contributed by atoms with Gasteiger partial charge >= 0.3 is 12.1 Å². The van der Waals surface area contributed by atoms with E-state index < -0.39 is 30.3 Å². The van der Waals surface area contributed by atoms with Gasteiger partial charge in [-0.05, 0) is 36.8 Å². The lowest BCUT2D eigenvalue weighted by molar-refractivity contribution is -0.192. The van der Waals surface area contributed by atoms with Crippen LogP contribution >= 0.6 is 0 Å². The number of hydrogen-bond donors (Lipinski definition) is 4. The molecule has 12 heteroatoms. The van der Waals surface area contributed by atoms with Crippen LogP contribution in [0.4, 0.5) is 13.2 Å². The Morgan fingerprint density at radius 3 is 1.80 bits per heavy atom. The molecule has 0 saturated carbocycles. The molecule has 1 aliphatic rings. The molecule has 5 N–H and O–H groups in total. The summed E-state index contributed by atoms with van der Waals surface area (Å²) in [6, 6.07) is 17.2. The van der Waals surface area contributed by atoms with Gasteiger partial charge in [0.1, 0.15) is 12.1 Å². The van der Waals surface area contributed by atoms with Gasteiger partial charge in [0.05, 0.1) is 12.1 Å². The lowest BCUT2D eigenvalue weighted by Crippen LogP contribution is -2.57. The van der Waals surface area contributed by atoms with E-state index in [1.54, 1.807) is 11.8 Å². The minimum atomic E-state index is -5.08. The molecule has 1 saturated heterocycles. The van der Waals surface area contributed by atoms with E-state index in [1.807, 2.05) is 74.5 Å². The highest BCUT2D eigenvalue weighted by Gasteiger charge is 2.40. The monoisotopic (exact) mass is 564 g/mol. The van der Waals surface area contributed by atoms with Crippen LogP contribution in [0.15, 0.2) is 60.7 Å². The van der Waals surface area contributed by atoms with Gasteiger partial charge in [-0.1, -0.05) is 74.5 Å². The third-order valence-corrected chi connectivity index (χ3v) is 6.28. The number of carboxylic acids is 1. The van der Waals surface area contributed by atoms with Crippen LogP contribution in [0.25, 0.3) is 0 Å². The minimum Gasteiger partial charge on any atom is -0.475 e. The highest BCUT2D eigenvalue weighted by molar-refractivity contribution is 5.93. The molecule has 2 aromatic rings. The van der Waals surface area contributed by atoms with Crippen molar-refractivity contribution in [1.82, 2.24) is 15.5 Å². The maximum absolute atomic E-state index is 13.4. The molecular weight excluding hydrogens is 529 g/mol. The first-order valence-corrected chi connectivity index (χ1v) is 12.8. The van der Waals surface area contributed by atoms with Crippen molar-refractivity contribution in [2.24, 2.45) is 11.7 Å². The van der Waals surface area contributed by atoms with Crippen LogP contribution in [0.2, 0.25) is 0 Å². The average Bonchev–Trinajstić information content (AvgIpc) is 3.40. The summed E-state index contributed by atoms with van der Waals surface area (Å²) in [6.07, 6.45) is -3.77. The number of nitrogens with one attached hydrogen (secondary N) is 2. The molecule has 9 nitrogen and oxygen atoms in total. The van der Waals surface area contributed by atoms with E-state index in [1.165, 1.54) is 0 Å². The van der Waals surface area contributed by atoms with E-state index in [9.17, 15) is 27.6 Å². The summed E-state index contributed by atoms with van der Waals surface area (Å²) < 4.78 is 31.7. The van der Waals surface area contributed by atoms with E-state index in [2.05, 4.69) is 10.6 Å². The first-order chi connectivity index (χ1) is 18.7. The average molecular weight is 565 g/mol. The predicted octanol–water partition coefficient (Wildman–Crippen LogP) is 3.00. The Kier molecular flexibility index (Phi) is 11.7. The summed E-state index contributed by atoms with van der Waals surface area (Å²) in [7, 11) is 0.